The topological polar surface area (TPSA) is 36.1 Å². The van der Waals surface area contributed by atoms with E-state index in [-0.39, 0.29) is 0 Å². The number of hydrogen-bond donors (Lipinski definition) is 3. The van der Waals surface area contributed by atoms with Crippen LogP contribution in [0.5, 0.6) is 0 Å². The first-order valence-corrected chi connectivity index (χ1v) is 9.78. The molecule has 0 saturated heterocycles. The fraction of sp³-hybridized carbons (Fsp3) is 1.00. The summed E-state index contributed by atoms with van der Waals surface area (Å²) in [5.74, 6) is 0. The molecule has 0 aromatic carbocycles. The maximum absolute atomic E-state index is 4.10. The van der Waals surface area contributed by atoms with E-state index in [0.29, 0.717) is 5.16 Å². The van der Waals surface area contributed by atoms with E-state index >= 15 is 0 Å². The van der Waals surface area contributed by atoms with Gasteiger partial charge in [-0.15, -0.1) is 0 Å². The third-order valence-corrected chi connectivity index (χ3v) is 8.19. The van der Waals surface area contributed by atoms with E-state index < -0.39 is 9.12 Å². The first-order chi connectivity index (χ1) is 8.80. The Bertz CT molecular complexity index is 229. The Morgan fingerprint density at radius 1 is 0.944 bits per heavy atom. The average molecular weight is 270 g/mol. The Hall–Kier alpha value is 0.0969. The predicted octanol–water partition coefficient (Wildman–Crippen LogP) is 1.81. The van der Waals surface area contributed by atoms with Crippen LogP contribution in [0.1, 0.15) is 65.2 Å². The van der Waals surface area contributed by atoms with E-state index in [4.69, 9.17) is 0 Å². The van der Waals surface area contributed by atoms with Gasteiger partial charge in [0.1, 0.15) is 0 Å². The number of rotatable bonds is 7. The monoisotopic (exact) mass is 269 g/mol. The Labute approximate surface area is 114 Å². The van der Waals surface area contributed by atoms with Crippen molar-refractivity contribution in [3.05, 3.63) is 0 Å². The van der Waals surface area contributed by atoms with Crippen LogP contribution in [0.3, 0.4) is 0 Å². The molecule has 0 unspecified atom stereocenters. The van der Waals surface area contributed by atoms with E-state index in [0.717, 1.165) is 19.1 Å². The fourth-order valence-electron chi connectivity index (χ4n) is 3.87. The van der Waals surface area contributed by atoms with Gasteiger partial charge in [-0.3, -0.25) is 0 Å². The quantitative estimate of drug-likeness (QED) is 0.617. The van der Waals surface area contributed by atoms with Gasteiger partial charge in [0, 0.05) is 11.2 Å². The van der Waals surface area contributed by atoms with Crippen LogP contribution in [-0.2, 0) is 0 Å². The lowest BCUT2D eigenvalue weighted by Gasteiger charge is -2.40. The summed E-state index contributed by atoms with van der Waals surface area (Å²) in [7, 11) is -1.09. The van der Waals surface area contributed by atoms with Crippen molar-refractivity contribution in [1.29, 1.82) is 0 Å². The van der Waals surface area contributed by atoms with Crippen LogP contribution in [0.2, 0.25) is 0 Å². The second-order valence-electron chi connectivity index (χ2n) is 6.04. The van der Waals surface area contributed by atoms with Gasteiger partial charge in [-0.2, -0.15) is 0 Å². The highest BCUT2D eigenvalue weighted by Gasteiger charge is 2.43. The predicted molar refractivity (Wildman–Crippen MR) is 81.1 cm³/mol. The van der Waals surface area contributed by atoms with Gasteiger partial charge in [-0.1, -0.05) is 39.5 Å². The lowest BCUT2D eigenvalue weighted by Crippen LogP contribution is -2.69. The first kappa shape index (κ1) is 14.5. The van der Waals surface area contributed by atoms with Crippen LogP contribution in [0.15, 0.2) is 0 Å². The molecule has 4 heteroatoms. The van der Waals surface area contributed by atoms with Crippen molar-refractivity contribution >= 4 is 9.12 Å². The third kappa shape index (κ3) is 3.35. The molecular weight excluding hydrogens is 238 g/mol. The minimum absolute atomic E-state index is 0.445. The summed E-state index contributed by atoms with van der Waals surface area (Å²) in [4.78, 5) is 7.61. The van der Waals surface area contributed by atoms with Crippen LogP contribution in [0.4, 0.5) is 0 Å². The molecule has 3 nitrogen and oxygen atoms in total. The number of hydrogen-bond acceptors (Lipinski definition) is 3. The zero-order valence-electron chi connectivity index (χ0n) is 12.2. The average Bonchev–Trinajstić information content (AvgIpc) is 3.02. The van der Waals surface area contributed by atoms with E-state index in [1.165, 1.54) is 51.4 Å². The molecule has 0 aromatic rings. The van der Waals surface area contributed by atoms with Crippen LogP contribution < -0.4 is 15.3 Å². The summed E-state index contributed by atoms with van der Waals surface area (Å²) < 4.78 is 0. The van der Waals surface area contributed by atoms with Gasteiger partial charge < -0.3 is 15.3 Å². The van der Waals surface area contributed by atoms with E-state index in [1.807, 2.05) is 0 Å². The Balaban J connectivity index is 2.02. The number of nitrogens with one attached hydrogen (secondary N) is 3. The lowest BCUT2D eigenvalue weighted by molar-refractivity contribution is 0.373. The van der Waals surface area contributed by atoms with Gasteiger partial charge in [-0.25, -0.2) is 0 Å². The Morgan fingerprint density at radius 3 is 2.00 bits per heavy atom. The summed E-state index contributed by atoms with van der Waals surface area (Å²) >= 11 is 0. The van der Waals surface area contributed by atoms with Crippen molar-refractivity contribution in [3.8, 4) is 0 Å². The normalized spacial score (nSPS) is 24.2. The molecule has 18 heavy (non-hydrogen) atoms. The largest absolute Gasteiger partial charge is 0.327 e. The molecule has 0 aromatic heterocycles. The van der Waals surface area contributed by atoms with Gasteiger partial charge in [0.15, 0.2) is 0 Å². The lowest BCUT2D eigenvalue weighted by atomic mass is 10.1. The van der Waals surface area contributed by atoms with Crippen LogP contribution >= 0.6 is 0 Å². The zero-order valence-corrected chi connectivity index (χ0v) is 13.4. The highest BCUT2D eigenvalue weighted by atomic mass is 28.3. The molecule has 0 atom stereocenters. The second-order valence-corrected chi connectivity index (χ2v) is 8.83. The standard InChI is InChI=1S/C14H31N3Si/c1-3-15-18(16-4-2)14(11-7-8-12-14)17-13-9-5-6-10-13/h13,15-18H,3-12H2,1-2H3. The molecule has 2 rings (SSSR count). The minimum Gasteiger partial charge on any atom is -0.327 e. The SMILES string of the molecule is CCN[SiH](NCC)C1(NC2CCCC2)CCCC1. The first-order valence-electron chi connectivity index (χ1n) is 8.05. The van der Waals surface area contributed by atoms with Gasteiger partial charge in [0.25, 0.3) is 0 Å². The molecule has 0 aliphatic heterocycles. The molecule has 0 bridgehead atoms. The van der Waals surface area contributed by atoms with Gasteiger partial charge in [-0.05, 0) is 38.8 Å². The van der Waals surface area contributed by atoms with Crippen molar-refractivity contribution in [3.63, 3.8) is 0 Å². The van der Waals surface area contributed by atoms with Crippen molar-refractivity contribution in [2.75, 3.05) is 13.1 Å². The smallest absolute Gasteiger partial charge is 0.205 e. The van der Waals surface area contributed by atoms with E-state index in [2.05, 4.69) is 29.1 Å². The van der Waals surface area contributed by atoms with E-state index in [1.54, 1.807) is 0 Å². The second kappa shape index (κ2) is 7.03. The molecule has 3 N–H and O–H groups in total. The van der Waals surface area contributed by atoms with Crippen molar-refractivity contribution in [1.82, 2.24) is 15.3 Å². The summed E-state index contributed by atoms with van der Waals surface area (Å²) in [6, 6.07) is 0.801. The highest BCUT2D eigenvalue weighted by molar-refractivity contribution is 6.57. The molecule has 2 fully saturated rings. The molecule has 2 aliphatic carbocycles. The van der Waals surface area contributed by atoms with Crippen LogP contribution in [-0.4, -0.2) is 33.4 Å². The molecule has 0 heterocycles. The maximum Gasteiger partial charge on any atom is 0.205 e. The van der Waals surface area contributed by atoms with Crippen molar-refractivity contribution < 1.29 is 0 Å². The highest BCUT2D eigenvalue weighted by Crippen LogP contribution is 2.33. The van der Waals surface area contributed by atoms with Gasteiger partial charge in [0.2, 0.25) is 9.12 Å². The Kier molecular flexibility index (Phi) is 5.67. The summed E-state index contributed by atoms with van der Waals surface area (Å²) in [5, 5.41) is 4.54. The summed E-state index contributed by atoms with van der Waals surface area (Å²) in [6.07, 6.45) is 11.3. The Morgan fingerprint density at radius 2 is 1.50 bits per heavy atom. The third-order valence-electron chi connectivity index (χ3n) is 4.71. The minimum atomic E-state index is -1.09. The summed E-state index contributed by atoms with van der Waals surface area (Å²) in [5.41, 5.74) is 0. The molecule has 106 valence electrons. The molecule has 2 saturated carbocycles. The van der Waals surface area contributed by atoms with Crippen molar-refractivity contribution in [2.24, 2.45) is 0 Å². The van der Waals surface area contributed by atoms with Gasteiger partial charge in [0.05, 0.1) is 0 Å². The maximum atomic E-state index is 4.10. The van der Waals surface area contributed by atoms with Crippen molar-refractivity contribution in [2.45, 2.75) is 76.4 Å². The molecule has 2 aliphatic rings. The summed E-state index contributed by atoms with van der Waals surface area (Å²) in [6.45, 7) is 6.71. The molecule has 0 radical (unpaired) electrons. The van der Waals surface area contributed by atoms with E-state index in [9.17, 15) is 0 Å². The molecule has 0 spiro atoms. The van der Waals surface area contributed by atoms with Crippen LogP contribution in [0, 0.1) is 0 Å². The van der Waals surface area contributed by atoms with Crippen LogP contribution in [0.25, 0.3) is 0 Å². The zero-order chi connectivity index (χ0) is 12.8. The molecular formula is C14H31N3Si. The fourth-order valence-corrected chi connectivity index (χ4v) is 7.00. The van der Waals surface area contributed by atoms with Gasteiger partial charge >= 0.3 is 0 Å². The molecule has 0 amide bonds.